The summed E-state index contributed by atoms with van der Waals surface area (Å²) >= 11 is 0. The lowest BCUT2D eigenvalue weighted by Crippen LogP contribution is -2.45. The van der Waals surface area contributed by atoms with Gasteiger partial charge in [0.2, 0.25) is 0 Å². The number of hydrogen-bond acceptors (Lipinski definition) is 4. The topological polar surface area (TPSA) is 52.6 Å². The first-order valence-corrected chi connectivity index (χ1v) is 12.0. The van der Waals surface area contributed by atoms with Gasteiger partial charge in [-0.15, -0.1) is 0 Å². The molecule has 28 heavy (non-hydrogen) atoms. The number of ether oxygens (including phenoxy) is 2. The predicted molar refractivity (Wildman–Crippen MR) is 110 cm³/mol. The molecule has 3 rings (SSSR count). The van der Waals surface area contributed by atoms with Crippen LogP contribution in [-0.4, -0.2) is 24.6 Å². The molecule has 160 valence electrons. The lowest BCUT2D eigenvalue weighted by Gasteiger charge is -2.46. The van der Waals surface area contributed by atoms with Gasteiger partial charge in [-0.1, -0.05) is 44.9 Å². The van der Waals surface area contributed by atoms with Crippen molar-refractivity contribution in [1.82, 2.24) is 0 Å². The number of carbonyl (C=O) groups excluding carboxylic acids is 2. The molecule has 1 atom stereocenters. The van der Waals surface area contributed by atoms with Crippen molar-refractivity contribution in [1.29, 1.82) is 0 Å². The molecule has 3 saturated carbocycles. The number of rotatable bonds is 7. The summed E-state index contributed by atoms with van der Waals surface area (Å²) in [6, 6.07) is 0. The fourth-order valence-electron chi connectivity index (χ4n) is 6.19. The molecule has 0 amide bonds. The highest BCUT2D eigenvalue weighted by atomic mass is 16.5. The predicted octanol–water partition coefficient (Wildman–Crippen LogP) is 5.96. The molecular formula is C24H40O4. The quantitative estimate of drug-likeness (QED) is 0.501. The minimum Gasteiger partial charge on any atom is -0.466 e. The molecule has 3 aliphatic carbocycles. The van der Waals surface area contributed by atoms with Crippen LogP contribution in [0.25, 0.3) is 0 Å². The second-order valence-electron chi connectivity index (χ2n) is 9.48. The van der Waals surface area contributed by atoms with Crippen LogP contribution in [0.1, 0.15) is 110 Å². The molecule has 0 N–H and O–H groups in total. The maximum absolute atomic E-state index is 13.1. The van der Waals surface area contributed by atoms with Crippen molar-refractivity contribution in [2.75, 3.05) is 6.61 Å². The van der Waals surface area contributed by atoms with Gasteiger partial charge in [-0.3, -0.25) is 9.59 Å². The Morgan fingerprint density at radius 3 is 2.04 bits per heavy atom. The molecule has 0 saturated heterocycles. The number of hydrogen-bond donors (Lipinski definition) is 0. The highest BCUT2D eigenvalue weighted by molar-refractivity contribution is 5.77. The van der Waals surface area contributed by atoms with E-state index in [1.165, 1.54) is 32.1 Å². The Labute approximate surface area is 171 Å². The van der Waals surface area contributed by atoms with Crippen LogP contribution in [0.3, 0.4) is 0 Å². The molecule has 0 spiro atoms. The van der Waals surface area contributed by atoms with E-state index in [2.05, 4.69) is 0 Å². The van der Waals surface area contributed by atoms with E-state index in [-0.39, 0.29) is 29.4 Å². The highest BCUT2D eigenvalue weighted by Gasteiger charge is 2.49. The SMILES string of the molecule is CCOC(=O)C(C1CCCCC1)C1(CC(=O)OC2CCCCC2)CCCCC1. The van der Waals surface area contributed by atoms with Gasteiger partial charge in [-0.05, 0) is 69.6 Å². The van der Waals surface area contributed by atoms with Gasteiger partial charge in [0.05, 0.1) is 18.9 Å². The second kappa shape index (κ2) is 10.6. The first-order valence-electron chi connectivity index (χ1n) is 12.0. The van der Waals surface area contributed by atoms with Crippen molar-refractivity contribution < 1.29 is 19.1 Å². The number of carbonyl (C=O) groups is 2. The zero-order chi connectivity index (χ0) is 19.8. The van der Waals surface area contributed by atoms with E-state index in [0.717, 1.165) is 64.2 Å². The fraction of sp³-hybridized carbons (Fsp3) is 0.917. The Bertz CT molecular complexity index is 497. The van der Waals surface area contributed by atoms with Crippen LogP contribution in [0.5, 0.6) is 0 Å². The van der Waals surface area contributed by atoms with Crippen molar-refractivity contribution in [3.8, 4) is 0 Å². The van der Waals surface area contributed by atoms with Crippen LogP contribution in [-0.2, 0) is 19.1 Å². The van der Waals surface area contributed by atoms with Gasteiger partial charge in [0.1, 0.15) is 6.10 Å². The Hall–Kier alpha value is -1.06. The summed E-state index contributed by atoms with van der Waals surface area (Å²) in [7, 11) is 0. The summed E-state index contributed by atoms with van der Waals surface area (Å²) in [6.07, 6.45) is 17.3. The van der Waals surface area contributed by atoms with Crippen LogP contribution in [0.4, 0.5) is 0 Å². The van der Waals surface area contributed by atoms with E-state index in [0.29, 0.717) is 18.9 Å². The van der Waals surface area contributed by atoms with Crippen LogP contribution in [0, 0.1) is 17.3 Å². The average Bonchev–Trinajstić information content (AvgIpc) is 2.70. The average molecular weight is 393 g/mol. The summed E-state index contributed by atoms with van der Waals surface area (Å²) in [5.41, 5.74) is -0.252. The molecule has 0 aromatic rings. The summed E-state index contributed by atoms with van der Waals surface area (Å²) < 4.78 is 11.5. The van der Waals surface area contributed by atoms with Crippen molar-refractivity contribution in [2.45, 2.75) is 116 Å². The largest absolute Gasteiger partial charge is 0.466 e. The second-order valence-corrected chi connectivity index (χ2v) is 9.48. The number of esters is 2. The first kappa shape index (κ1) is 21.6. The third-order valence-electron chi connectivity index (χ3n) is 7.52. The van der Waals surface area contributed by atoms with E-state index in [1.807, 2.05) is 6.92 Å². The molecule has 4 heteroatoms. The molecule has 0 bridgehead atoms. The maximum Gasteiger partial charge on any atom is 0.309 e. The lowest BCUT2D eigenvalue weighted by molar-refractivity contribution is -0.165. The highest BCUT2D eigenvalue weighted by Crippen LogP contribution is 2.51. The molecule has 0 aliphatic heterocycles. The molecule has 4 nitrogen and oxygen atoms in total. The summed E-state index contributed by atoms with van der Waals surface area (Å²) in [5.74, 6) is 0.112. The van der Waals surface area contributed by atoms with Crippen LogP contribution < -0.4 is 0 Å². The van der Waals surface area contributed by atoms with Gasteiger partial charge in [0, 0.05) is 0 Å². The maximum atomic E-state index is 13.1. The minimum absolute atomic E-state index is 0.0539. The van der Waals surface area contributed by atoms with Crippen LogP contribution in [0.15, 0.2) is 0 Å². The van der Waals surface area contributed by atoms with E-state index in [1.54, 1.807) is 0 Å². The summed E-state index contributed by atoms with van der Waals surface area (Å²) in [5, 5.41) is 0. The molecule has 0 aromatic carbocycles. The molecule has 0 radical (unpaired) electrons. The smallest absolute Gasteiger partial charge is 0.309 e. The Kier molecular flexibility index (Phi) is 8.23. The Balaban J connectivity index is 1.77. The monoisotopic (exact) mass is 392 g/mol. The van der Waals surface area contributed by atoms with Crippen LogP contribution >= 0.6 is 0 Å². The molecule has 0 aromatic heterocycles. The van der Waals surface area contributed by atoms with Crippen molar-refractivity contribution >= 4 is 11.9 Å². The van der Waals surface area contributed by atoms with E-state index < -0.39 is 0 Å². The van der Waals surface area contributed by atoms with E-state index >= 15 is 0 Å². The summed E-state index contributed by atoms with van der Waals surface area (Å²) in [4.78, 5) is 26.1. The molecule has 1 unspecified atom stereocenters. The minimum atomic E-state index is -0.252. The van der Waals surface area contributed by atoms with Gasteiger partial charge in [0.15, 0.2) is 0 Å². The summed E-state index contributed by atoms with van der Waals surface area (Å²) in [6.45, 7) is 2.31. The standard InChI is InChI=1S/C24H40O4/c1-2-27-23(26)22(19-12-6-3-7-13-19)24(16-10-5-11-17-24)18-21(25)28-20-14-8-4-9-15-20/h19-20,22H,2-18H2,1H3. The zero-order valence-electron chi connectivity index (χ0n) is 17.9. The molecule has 0 heterocycles. The van der Waals surface area contributed by atoms with E-state index in [9.17, 15) is 9.59 Å². The van der Waals surface area contributed by atoms with Crippen LogP contribution in [0.2, 0.25) is 0 Å². The molecular weight excluding hydrogens is 352 g/mol. The third kappa shape index (κ3) is 5.51. The van der Waals surface area contributed by atoms with Gasteiger partial charge in [-0.25, -0.2) is 0 Å². The van der Waals surface area contributed by atoms with Gasteiger partial charge in [0.25, 0.3) is 0 Å². The fourth-order valence-corrected chi connectivity index (χ4v) is 6.19. The first-order chi connectivity index (χ1) is 13.6. The molecule has 3 aliphatic rings. The lowest BCUT2D eigenvalue weighted by atomic mass is 9.58. The van der Waals surface area contributed by atoms with Crippen molar-refractivity contribution in [3.05, 3.63) is 0 Å². The van der Waals surface area contributed by atoms with Gasteiger partial charge < -0.3 is 9.47 Å². The normalized spacial score (nSPS) is 25.0. The molecule has 3 fully saturated rings. The Morgan fingerprint density at radius 1 is 0.857 bits per heavy atom. The third-order valence-corrected chi connectivity index (χ3v) is 7.52. The van der Waals surface area contributed by atoms with Crippen molar-refractivity contribution in [2.24, 2.45) is 17.3 Å². The zero-order valence-corrected chi connectivity index (χ0v) is 17.9. The van der Waals surface area contributed by atoms with Gasteiger partial charge in [-0.2, -0.15) is 0 Å². The van der Waals surface area contributed by atoms with E-state index in [4.69, 9.17) is 9.47 Å². The van der Waals surface area contributed by atoms with Gasteiger partial charge >= 0.3 is 11.9 Å². The van der Waals surface area contributed by atoms with Crippen molar-refractivity contribution in [3.63, 3.8) is 0 Å². The Morgan fingerprint density at radius 2 is 1.43 bits per heavy atom.